The fourth-order valence-electron chi connectivity index (χ4n) is 4.61. The van der Waals surface area contributed by atoms with E-state index in [0.717, 1.165) is 37.2 Å². The van der Waals surface area contributed by atoms with Crippen LogP contribution in [0.4, 0.5) is 5.13 Å². The molecule has 0 aliphatic carbocycles. The van der Waals surface area contributed by atoms with Crippen LogP contribution in [0.5, 0.6) is 5.75 Å². The second-order valence-electron chi connectivity index (χ2n) is 8.53. The number of thiazole rings is 1. The number of methoxy groups -OCH3 is 1. The lowest BCUT2D eigenvalue weighted by Crippen LogP contribution is -2.28. The van der Waals surface area contributed by atoms with E-state index >= 15 is 0 Å². The monoisotopic (exact) mass is 512 g/mol. The number of aromatic nitrogens is 1. The summed E-state index contributed by atoms with van der Waals surface area (Å²) >= 11 is 2.74. The minimum Gasteiger partial charge on any atom is -0.507 e. The number of carbonyl (C=O) groups excluding carboxylic acids is 2. The van der Waals surface area contributed by atoms with Gasteiger partial charge in [0.15, 0.2) is 5.13 Å². The van der Waals surface area contributed by atoms with Gasteiger partial charge in [-0.25, -0.2) is 4.98 Å². The lowest BCUT2D eigenvalue weighted by molar-refractivity contribution is -0.132. The van der Waals surface area contributed by atoms with Gasteiger partial charge in [-0.1, -0.05) is 53.8 Å². The number of nitrogens with zero attached hydrogens (tertiary/aromatic N) is 2. The predicted molar refractivity (Wildman–Crippen MR) is 144 cm³/mol. The van der Waals surface area contributed by atoms with E-state index in [4.69, 9.17) is 9.72 Å². The molecule has 2 aromatic heterocycles. The number of aliphatic hydroxyl groups is 1. The smallest absolute Gasteiger partial charge is 0.301 e. The molecule has 1 N–H and O–H groups in total. The number of Topliss-reactive ketones (excluding diaryl/α,β-unsaturated/α-hetero) is 1. The molecule has 178 valence electrons. The first-order chi connectivity index (χ1) is 17.5. The number of fused-ring (bicyclic) bond motifs is 2. The number of rotatable bonds is 4. The number of amides is 1. The molecule has 5 aromatic rings. The van der Waals surface area contributed by atoms with Crippen LogP contribution in [0, 0.1) is 6.92 Å². The van der Waals surface area contributed by atoms with E-state index in [0.29, 0.717) is 10.7 Å². The number of ether oxygens (including phenoxy) is 1. The van der Waals surface area contributed by atoms with Crippen molar-refractivity contribution in [3.63, 3.8) is 0 Å². The molecule has 6 nitrogen and oxygen atoms in total. The van der Waals surface area contributed by atoms with Crippen LogP contribution in [0.25, 0.3) is 26.7 Å². The van der Waals surface area contributed by atoms with Crippen molar-refractivity contribution in [1.82, 2.24) is 4.98 Å². The van der Waals surface area contributed by atoms with Crippen molar-refractivity contribution in [3.8, 4) is 5.75 Å². The van der Waals surface area contributed by atoms with Crippen molar-refractivity contribution < 1.29 is 19.4 Å². The number of thiophene rings is 1. The summed E-state index contributed by atoms with van der Waals surface area (Å²) in [6.07, 6.45) is 0. The molecule has 6 rings (SSSR count). The minimum absolute atomic E-state index is 0.0609. The maximum Gasteiger partial charge on any atom is 0.301 e. The largest absolute Gasteiger partial charge is 0.507 e. The Balaban J connectivity index is 1.53. The fraction of sp³-hybridized carbons (Fsp3) is 0.107. The SMILES string of the molecule is COc1cc2sc(N3C(=O)C(=O)/C(=C(/O)c4ccc5ccccc5c4)C3c3cccs3)nc2cc1C. The zero-order valence-electron chi connectivity index (χ0n) is 19.4. The average Bonchev–Trinajstić information content (AvgIpc) is 3.61. The molecule has 1 saturated heterocycles. The summed E-state index contributed by atoms with van der Waals surface area (Å²) in [6.45, 7) is 1.93. The summed E-state index contributed by atoms with van der Waals surface area (Å²) in [4.78, 5) is 33.7. The highest BCUT2D eigenvalue weighted by Gasteiger charge is 2.48. The molecule has 8 heteroatoms. The Morgan fingerprint density at radius 3 is 2.58 bits per heavy atom. The number of ketones is 1. The van der Waals surface area contributed by atoms with E-state index in [1.165, 1.54) is 27.6 Å². The number of anilines is 1. The van der Waals surface area contributed by atoms with Gasteiger partial charge in [0, 0.05) is 10.4 Å². The second-order valence-corrected chi connectivity index (χ2v) is 10.5. The number of aliphatic hydroxyl groups excluding tert-OH is 1. The summed E-state index contributed by atoms with van der Waals surface area (Å²) in [5, 5.41) is 15.6. The van der Waals surface area contributed by atoms with E-state index in [1.807, 2.05) is 73.0 Å². The number of carbonyl (C=O) groups is 2. The summed E-state index contributed by atoms with van der Waals surface area (Å²) in [6, 6.07) is 20.0. The summed E-state index contributed by atoms with van der Waals surface area (Å²) in [5.74, 6) is -0.907. The van der Waals surface area contributed by atoms with Gasteiger partial charge >= 0.3 is 5.91 Å². The lowest BCUT2D eigenvalue weighted by Gasteiger charge is -2.21. The molecule has 36 heavy (non-hydrogen) atoms. The molecule has 0 radical (unpaired) electrons. The zero-order chi connectivity index (χ0) is 25.0. The van der Waals surface area contributed by atoms with Crippen LogP contribution in [0.3, 0.4) is 0 Å². The summed E-state index contributed by atoms with van der Waals surface area (Å²) in [7, 11) is 1.61. The lowest BCUT2D eigenvalue weighted by atomic mass is 9.98. The molecule has 0 saturated carbocycles. The van der Waals surface area contributed by atoms with Gasteiger partial charge in [-0.05, 0) is 52.9 Å². The molecule has 0 spiro atoms. The Morgan fingerprint density at radius 2 is 1.83 bits per heavy atom. The molecule has 3 heterocycles. The Labute approximate surface area is 214 Å². The highest BCUT2D eigenvalue weighted by Crippen LogP contribution is 2.46. The third-order valence-electron chi connectivity index (χ3n) is 6.38. The van der Waals surface area contributed by atoms with Crippen LogP contribution in [0.1, 0.15) is 22.0 Å². The molecule has 1 aliphatic rings. The molecular formula is C28H20N2O4S2. The molecule has 1 aliphatic heterocycles. The third-order valence-corrected chi connectivity index (χ3v) is 8.32. The van der Waals surface area contributed by atoms with Crippen LogP contribution in [0.2, 0.25) is 0 Å². The van der Waals surface area contributed by atoms with Crippen molar-refractivity contribution in [2.75, 3.05) is 12.0 Å². The van der Waals surface area contributed by atoms with Crippen LogP contribution in [0.15, 0.2) is 77.7 Å². The van der Waals surface area contributed by atoms with Gasteiger partial charge in [-0.2, -0.15) is 0 Å². The molecule has 3 aromatic carbocycles. The van der Waals surface area contributed by atoms with E-state index in [2.05, 4.69) is 0 Å². The first kappa shape index (κ1) is 22.5. The van der Waals surface area contributed by atoms with Crippen molar-refractivity contribution in [2.45, 2.75) is 13.0 Å². The maximum atomic E-state index is 13.4. The van der Waals surface area contributed by atoms with Crippen LogP contribution in [-0.2, 0) is 9.59 Å². The number of benzene rings is 3. The average molecular weight is 513 g/mol. The van der Waals surface area contributed by atoms with E-state index in [9.17, 15) is 14.7 Å². The minimum atomic E-state index is -0.778. The summed E-state index contributed by atoms with van der Waals surface area (Å²) < 4.78 is 6.28. The second kappa shape index (κ2) is 8.58. The summed E-state index contributed by atoms with van der Waals surface area (Å²) in [5.41, 5.74) is 2.19. The topological polar surface area (TPSA) is 79.7 Å². The predicted octanol–water partition coefficient (Wildman–Crippen LogP) is 6.45. The first-order valence-electron chi connectivity index (χ1n) is 11.2. The molecule has 1 atom stereocenters. The van der Waals surface area contributed by atoms with Crippen molar-refractivity contribution in [3.05, 3.63) is 93.7 Å². The normalized spacial score (nSPS) is 17.4. The number of hydrogen-bond donors (Lipinski definition) is 1. The molecular weight excluding hydrogens is 492 g/mol. The van der Waals surface area contributed by atoms with Gasteiger partial charge in [0.1, 0.15) is 17.6 Å². The fourth-order valence-corrected chi connectivity index (χ4v) is 6.43. The van der Waals surface area contributed by atoms with E-state index in [-0.39, 0.29) is 11.3 Å². The van der Waals surface area contributed by atoms with Gasteiger partial charge in [0.05, 0.1) is 22.9 Å². The van der Waals surface area contributed by atoms with Crippen LogP contribution >= 0.6 is 22.7 Å². The van der Waals surface area contributed by atoms with Crippen LogP contribution < -0.4 is 9.64 Å². The van der Waals surface area contributed by atoms with Gasteiger partial charge in [0.2, 0.25) is 0 Å². The first-order valence-corrected chi connectivity index (χ1v) is 12.9. The Hall–Kier alpha value is -4.01. The molecule has 1 unspecified atom stereocenters. The maximum absolute atomic E-state index is 13.4. The Bertz CT molecular complexity index is 1700. The van der Waals surface area contributed by atoms with Gasteiger partial charge in [-0.15, -0.1) is 11.3 Å². The van der Waals surface area contributed by atoms with E-state index < -0.39 is 17.7 Å². The third kappa shape index (κ3) is 3.49. The number of hydrogen-bond acceptors (Lipinski definition) is 7. The Kier molecular flexibility index (Phi) is 5.35. The standard InChI is InChI=1S/C28H20N2O4S2/c1-15-12-19-22(14-20(15)34-2)36-28(29-19)30-24(21-8-5-11-35-21)23(26(32)27(30)33)25(31)18-10-9-16-6-3-4-7-17(16)13-18/h3-14,24,31H,1-2H3/b25-23+. The van der Waals surface area contributed by atoms with Gasteiger partial charge < -0.3 is 9.84 Å². The van der Waals surface area contributed by atoms with Crippen LogP contribution in [-0.4, -0.2) is 28.9 Å². The highest BCUT2D eigenvalue weighted by molar-refractivity contribution is 7.22. The Morgan fingerprint density at radius 1 is 1.03 bits per heavy atom. The number of aryl methyl sites for hydroxylation is 1. The van der Waals surface area contributed by atoms with Crippen molar-refractivity contribution >= 4 is 66.2 Å². The molecule has 1 amide bonds. The highest BCUT2D eigenvalue weighted by atomic mass is 32.1. The van der Waals surface area contributed by atoms with Crippen molar-refractivity contribution in [2.24, 2.45) is 0 Å². The van der Waals surface area contributed by atoms with Crippen molar-refractivity contribution in [1.29, 1.82) is 0 Å². The molecule has 1 fully saturated rings. The zero-order valence-corrected chi connectivity index (χ0v) is 21.0. The van der Waals surface area contributed by atoms with E-state index in [1.54, 1.807) is 13.2 Å². The quantitative estimate of drug-likeness (QED) is 0.170. The van der Waals surface area contributed by atoms with Gasteiger partial charge in [-0.3, -0.25) is 14.5 Å². The molecule has 0 bridgehead atoms. The van der Waals surface area contributed by atoms with Gasteiger partial charge in [0.25, 0.3) is 5.78 Å².